The minimum absolute atomic E-state index is 0.266. The highest BCUT2D eigenvalue weighted by atomic mass is 16.5. The minimum atomic E-state index is -0.266. The molecule has 2 rings (SSSR count). The van der Waals surface area contributed by atoms with Crippen LogP contribution in [0.25, 0.3) is 0 Å². The van der Waals surface area contributed by atoms with E-state index in [1.165, 1.54) is 6.20 Å². The molecule has 0 atom stereocenters. The van der Waals surface area contributed by atoms with Crippen molar-refractivity contribution in [3.8, 4) is 11.5 Å². The molecule has 21 heavy (non-hydrogen) atoms. The van der Waals surface area contributed by atoms with Gasteiger partial charge in [-0.2, -0.15) is 0 Å². The molecule has 0 saturated carbocycles. The molecular formula is C15H17N3O3. The van der Waals surface area contributed by atoms with Crippen LogP contribution in [0, 0.1) is 6.92 Å². The van der Waals surface area contributed by atoms with E-state index in [1.54, 1.807) is 26.5 Å². The molecule has 0 aliphatic rings. The average molecular weight is 287 g/mol. The second kappa shape index (κ2) is 6.69. The van der Waals surface area contributed by atoms with Crippen LogP contribution in [0.1, 0.15) is 21.7 Å². The molecule has 110 valence electrons. The van der Waals surface area contributed by atoms with Crippen LogP contribution in [-0.2, 0) is 6.54 Å². The molecule has 1 aromatic heterocycles. The van der Waals surface area contributed by atoms with Crippen molar-refractivity contribution in [2.45, 2.75) is 13.5 Å². The van der Waals surface area contributed by atoms with Gasteiger partial charge >= 0.3 is 0 Å². The number of nitrogens with one attached hydrogen (secondary N) is 1. The Kier molecular flexibility index (Phi) is 4.71. The first-order chi connectivity index (χ1) is 10.1. The van der Waals surface area contributed by atoms with E-state index in [4.69, 9.17) is 9.47 Å². The zero-order valence-corrected chi connectivity index (χ0v) is 12.2. The predicted octanol–water partition coefficient (Wildman–Crippen LogP) is 1.73. The Bertz CT molecular complexity index is 627. The lowest BCUT2D eigenvalue weighted by molar-refractivity contribution is 0.0945. The van der Waals surface area contributed by atoms with Crippen molar-refractivity contribution < 1.29 is 14.3 Å². The second-order valence-electron chi connectivity index (χ2n) is 4.42. The largest absolute Gasteiger partial charge is 0.493 e. The van der Waals surface area contributed by atoms with Crippen LogP contribution in [0.5, 0.6) is 11.5 Å². The maximum atomic E-state index is 11.9. The summed E-state index contributed by atoms with van der Waals surface area (Å²) in [5.41, 5.74) is 1.97. The van der Waals surface area contributed by atoms with Crippen molar-refractivity contribution in [1.29, 1.82) is 0 Å². The Morgan fingerprint density at radius 3 is 2.52 bits per heavy atom. The summed E-state index contributed by atoms with van der Waals surface area (Å²) in [6.07, 6.45) is 3.02. The number of methoxy groups -OCH3 is 2. The van der Waals surface area contributed by atoms with Gasteiger partial charge in [-0.15, -0.1) is 0 Å². The number of aromatic nitrogens is 2. The van der Waals surface area contributed by atoms with Crippen LogP contribution < -0.4 is 14.8 Å². The van der Waals surface area contributed by atoms with Gasteiger partial charge in [0.25, 0.3) is 5.91 Å². The number of ether oxygens (including phenoxy) is 2. The summed E-state index contributed by atoms with van der Waals surface area (Å²) in [6, 6.07) is 5.48. The molecule has 1 aromatic carbocycles. The molecule has 6 heteroatoms. The van der Waals surface area contributed by atoms with Crippen LogP contribution in [0.3, 0.4) is 0 Å². The Morgan fingerprint density at radius 2 is 1.90 bits per heavy atom. The topological polar surface area (TPSA) is 73.3 Å². The van der Waals surface area contributed by atoms with Crippen molar-refractivity contribution in [2.24, 2.45) is 0 Å². The van der Waals surface area contributed by atoms with Crippen LogP contribution in [0.15, 0.2) is 30.6 Å². The molecule has 0 bridgehead atoms. The van der Waals surface area contributed by atoms with Crippen molar-refractivity contribution in [3.63, 3.8) is 0 Å². The number of hydrogen-bond donors (Lipinski definition) is 1. The van der Waals surface area contributed by atoms with E-state index in [0.717, 1.165) is 11.3 Å². The summed E-state index contributed by atoms with van der Waals surface area (Å²) in [5, 5.41) is 2.79. The van der Waals surface area contributed by atoms with E-state index < -0.39 is 0 Å². The van der Waals surface area contributed by atoms with Gasteiger partial charge < -0.3 is 14.8 Å². The Balaban J connectivity index is 2.02. The van der Waals surface area contributed by atoms with Gasteiger partial charge in [-0.1, -0.05) is 6.07 Å². The van der Waals surface area contributed by atoms with Gasteiger partial charge in [-0.05, 0) is 24.6 Å². The summed E-state index contributed by atoms with van der Waals surface area (Å²) in [6.45, 7) is 2.19. The molecule has 0 fully saturated rings. The van der Waals surface area contributed by atoms with Crippen LogP contribution in [-0.4, -0.2) is 30.1 Å². The summed E-state index contributed by atoms with van der Waals surface area (Å²) in [4.78, 5) is 20.0. The molecule has 1 amide bonds. The molecule has 0 aliphatic carbocycles. The maximum Gasteiger partial charge on any atom is 0.271 e. The number of amides is 1. The zero-order chi connectivity index (χ0) is 15.2. The molecule has 0 radical (unpaired) electrons. The van der Waals surface area contributed by atoms with E-state index in [-0.39, 0.29) is 5.91 Å². The van der Waals surface area contributed by atoms with Crippen LogP contribution in [0.4, 0.5) is 0 Å². The third kappa shape index (κ3) is 3.68. The fourth-order valence-electron chi connectivity index (χ4n) is 1.77. The van der Waals surface area contributed by atoms with E-state index >= 15 is 0 Å². The highest BCUT2D eigenvalue weighted by Gasteiger charge is 2.09. The number of carbonyl (C=O) groups excluding carboxylic acids is 1. The number of benzene rings is 1. The van der Waals surface area contributed by atoms with E-state index in [9.17, 15) is 4.79 Å². The van der Waals surface area contributed by atoms with E-state index in [1.807, 2.05) is 19.1 Å². The highest BCUT2D eigenvalue weighted by Crippen LogP contribution is 2.27. The number of hydrogen-bond acceptors (Lipinski definition) is 5. The Labute approximate surface area is 123 Å². The fraction of sp³-hybridized carbons (Fsp3) is 0.267. The standard InChI is InChI=1S/C15H17N3O3/c1-10-7-17-12(9-16-10)15(19)18-8-11-4-5-13(20-2)14(6-11)21-3/h4-7,9H,8H2,1-3H3,(H,18,19). The maximum absolute atomic E-state index is 11.9. The smallest absolute Gasteiger partial charge is 0.271 e. The second-order valence-corrected chi connectivity index (χ2v) is 4.42. The van der Waals surface area contributed by atoms with E-state index in [0.29, 0.717) is 23.7 Å². The Morgan fingerprint density at radius 1 is 1.14 bits per heavy atom. The first kappa shape index (κ1) is 14.8. The molecule has 0 saturated heterocycles. The molecular weight excluding hydrogens is 270 g/mol. The zero-order valence-electron chi connectivity index (χ0n) is 12.2. The van der Waals surface area contributed by atoms with Gasteiger partial charge in [0.1, 0.15) is 5.69 Å². The van der Waals surface area contributed by atoms with Crippen LogP contribution in [0.2, 0.25) is 0 Å². The third-order valence-corrected chi connectivity index (χ3v) is 2.91. The molecule has 1 heterocycles. The number of aryl methyl sites for hydroxylation is 1. The highest BCUT2D eigenvalue weighted by molar-refractivity contribution is 5.91. The molecule has 2 aromatic rings. The van der Waals surface area contributed by atoms with Crippen molar-refractivity contribution in [3.05, 3.63) is 47.5 Å². The predicted molar refractivity (Wildman–Crippen MR) is 77.5 cm³/mol. The van der Waals surface area contributed by atoms with Gasteiger partial charge in [-0.3, -0.25) is 9.78 Å². The first-order valence-electron chi connectivity index (χ1n) is 6.41. The third-order valence-electron chi connectivity index (χ3n) is 2.91. The van der Waals surface area contributed by atoms with Gasteiger partial charge in [0.2, 0.25) is 0 Å². The average Bonchev–Trinajstić information content (AvgIpc) is 2.52. The minimum Gasteiger partial charge on any atom is -0.493 e. The lowest BCUT2D eigenvalue weighted by atomic mass is 10.2. The first-order valence-corrected chi connectivity index (χ1v) is 6.41. The van der Waals surface area contributed by atoms with E-state index in [2.05, 4.69) is 15.3 Å². The van der Waals surface area contributed by atoms with Gasteiger partial charge in [0.15, 0.2) is 11.5 Å². The molecule has 0 aliphatic heterocycles. The van der Waals surface area contributed by atoms with Gasteiger partial charge in [0.05, 0.1) is 26.1 Å². The van der Waals surface area contributed by atoms with Crippen molar-refractivity contribution >= 4 is 5.91 Å². The normalized spacial score (nSPS) is 10.0. The summed E-state index contributed by atoms with van der Waals surface area (Å²) in [7, 11) is 3.15. The number of nitrogens with zero attached hydrogens (tertiary/aromatic N) is 2. The van der Waals surface area contributed by atoms with Crippen molar-refractivity contribution in [2.75, 3.05) is 14.2 Å². The quantitative estimate of drug-likeness (QED) is 0.906. The lowest BCUT2D eigenvalue weighted by Gasteiger charge is -2.10. The number of carbonyl (C=O) groups is 1. The molecule has 0 spiro atoms. The summed E-state index contributed by atoms with van der Waals surface area (Å²) < 4.78 is 10.4. The molecule has 6 nitrogen and oxygen atoms in total. The lowest BCUT2D eigenvalue weighted by Crippen LogP contribution is -2.24. The molecule has 1 N–H and O–H groups in total. The van der Waals surface area contributed by atoms with Crippen molar-refractivity contribution in [1.82, 2.24) is 15.3 Å². The SMILES string of the molecule is COc1ccc(CNC(=O)c2cnc(C)cn2)cc1OC. The van der Waals surface area contributed by atoms with Crippen LogP contribution >= 0.6 is 0 Å². The molecule has 0 unspecified atom stereocenters. The van der Waals surface area contributed by atoms with Gasteiger partial charge in [0, 0.05) is 12.7 Å². The number of rotatable bonds is 5. The summed E-state index contributed by atoms with van der Waals surface area (Å²) in [5.74, 6) is 1.01. The summed E-state index contributed by atoms with van der Waals surface area (Å²) >= 11 is 0. The van der Waals surface area contributed by atoms with Gasteiger partial charge in [-0.25, -0.2) is 4.98 Å². The monoisotopic (exact) mass is 287 g/mol. The fourth-order valence-corrected chi connectivity index (χ4v) is 1.77. The Hall–Kier alpha value is -2.63.